The van der Waals surface area contributed by atoms with E-state index in [-0.39, 0.29) is 24.1 Å². The number of hydrogen-bond acceptors (Lipinski definition) is 7. The lowest BCUT2D eigenvalue weighted by Gasteiger charge is -2.12. The van der Waals surface area contributed by atoms with Crippen molar-refractivity contribution in [3.63, 3.8) is 0 Å². The minimum absolute atomic E-state index is 0.0119. The molecule has 0 saturated carbocycles. The van der Waals surface area contributed by atoms with Gasteiger partial charge in [0, 0.05) is 23.1 Å². The van der Waals surface area contributed by atoms with Gasteiger partial charge in [-0.15, -0.1) is 0 Å². The molecule has 0 aliphatic carbocycles. The standard InChI is InChI=1S/C19H17ClFN5O2/c1-11(10-27)28-17-8-14(5-6-15(17)20)25-19-23-9-16(21)18(26-19)24-13-4-2-3-12(22)7-13/h2-9,27H,1,10,22H2,(H2,23,24,25,26). The zero-order chi connectivity index (χ0) is 20.1. The number of aliphatic hydroxyl groups excluding tert-OH is 1. The topological polar surface area (TPSA) is 105 Å². The third kappa shape index (κ3) is 4.87. The van der Waals surface area contributed by atoms with Crippen molar-refractivity contribution < 1.29 is 14.2 Å². The van der Waals surface area contributed by atoms with Crippen LogP contribution < -0.4 is 21.1 Å². The van der Waals surface area contributed by atoms with Gasteiger partial charge in [-0.05, 0) is 30.3 Å². The van der Waals surface area contributed by atoms with Crippen LogP contribution in [0.2, 0.25) is 5.02 Å². The smallest absolute Gasteiger partial charge is 0.229 e. The second-order valence-corrected chi connectivity index (χ2v) is 6.12. The van der Waals surface area contributed by atoms with Crippen LogP contribution >= 0.6 is 11.6 Å². The maximum absolute atomic E-state index is 14.1. The summed E-state index contributed by atoms with van der Waals surface area (Å²) in [6.45, 7) is 3.22. The molecule has 9 heteroatoms. The van der Waals surface area contributed by atoms with E-state index in [9.17, 15) is 4.39 Å². The Labute approximate surface area is 165 Å². The van der Waals surface area contributed by atoms with Gasteiger partial charge in [0.15, 0.2) is 11.6 Å². The first-order valence-corrected chi connectivity index (χ1v) is 8.50. The average Bonchev–Trinajstić information content (AvgIpc) is 2.67. The molecule has 3 aromatic rings. The number of aromatic nitrogens is 2. The summed E-state index contributed by atoms with van der Waals surface area (Å²) in [6, 6.07) is 11.7. The molecule has 0 radical (unpaired) electrons. The highest BCUT2D eigenvalue weighted by Crippen LogP contribution is 2.30. The Bertz CT molecular complexity index is 1020. The summed E-state index contributed by atoms with van der Waals surface area (Å²) in [7, 11) is 0. The third-order valence-corrected chi connectivity index (χ3v) is 3.82. The zero-order valence-corrected chi connectivity index (χ0v) is 15.4. The molecule has 0 fully saturated rings. The number of nitrogens with one attached hydrogen (secondary N) is 2. The summed E-state index contributed by atoms with van der Waals surface area (Å²) in [6.07, 6.45) is 1.05. The van der Waals surface area contributed by atoms with Crippen molar-refractivity contribution >= 4 is 40.4 Å². The summed E-state index contributed by atoms with van der Waals surface area (Å²) < 4.78 is 19.4. The molecule has 144 valence electrons. The zero-order valence-electron chi connectivity index (χ0n) is 14.6. The van der Waals surface area contributed by atoms with Gasteiger partial charge in [-0.2, -0.15) is 4.98 Å². The molecule has 0 aliphatic heterocycles. The molecule has 7 nitrogen and oxygen atoms in total. The molecule has 0 bridgehead atoms. The first-order chi connectivity index (χ1) is 13.4. The molecule has 2 aromatic carbocycles. The minimum atomic E-state index is -0.618. The molecule has 1 heterocycles. The van der Waals surface area contributed by atoms with Gasteiger partial charge in [-0.3, -0.25) is 0 Å². The lowest BCUT2D eigenvalue weighted by Crippen LogP contribution is -2.04. The number of nitrogens with two attached hydrogens (primary N) is 1. The first-order valence-electron chi connectivity index (χ1n) is 8.13. The van der Waals surface area contributed by atoms with Crippen LogP contribution in [-0.4, -0.2) is 21.7 Å². The van der Waals surface area contributed by atoms with Gasteiger partial charge in [0.2, 0.25) is 5.95 Å². The van der Waals surface area contributed by atoms with E-state index in [2.05, 4.69) is 27.2 Å². The van der Waals surface area contributed by atoms with E-state index in [1.54, 1.807) is 42.5 Å². The normalized spacial score (nSPS) is 10.4. The van der Waals surface area contributed by atoms with Crippen LogP contribution in [0, 0.1) is 5.82 Å². The SMILES string of the molecule is C=C(CO)Oc1cc(Nc2ncc(F)c(Nc3cccc(N)c3)n2)ccc1Cl. The Kier molecular flexibility index (Phi) is 5.93. The number of rotatable bonds is 7. The predicted octanol–water partition coefficient (Wildman–Crippen LogP) is 4.22. The highest BCUT2D eigenvalue weighted by molar-refractivity contribution is 6.32. The number of ether oxygens (including phenoxy) is 1. The lowest BCUT2D eigenvalue weighted by molar-refractivity contribution is 0.264. The van der Waals surface area contributed by atoms with Gasteiger partial charge in [0.1, 0.15) is 18.1 Å². The Balaban J connectivity index is 1.81. The molecule has 28 heavy (non-hydrogen) atoms. The van der Waals surface area contributed by atoms with Crippen molar-refractivity contribution in [2.24, 2.45) is 0 Å². The maximum Gasteiger partial charge on any atom is 0.229 e. The number of nitrogens with zero attached hydrogens (tertiary/aromatic N) is 2. The van der Waals surface area contributed by atoms with E-state index in [4.69, 9.17) is 27.2 Å². The fourth-order valence-corrected chi connectivity index (χ4v) is 2.40. The number of anilines is 5. The van der Waals surface area contributed by atoms with Gasteiger partial charge in [0.05, 0.1) is 11.2 Å². The summed E-state index contributed by atoms with van der Waals surface area (Å²) in [5, 5.41) is 15.2. The lowest BCUT2D eigenvalue weighted by atomic mass is 10.3. The van der Waals surface area contributed by atoms with Crippen LogP contribution in [0.1, 0.15) is 0 Å². The van der Waals surface area contributed by atoms with Gasteiger partial charge in [0.25, 0.3) is 0 Å². The molecular weight excluding hydrogens is 385 g/mol. The first kappa shape index (κ1) is 19.4. The van der Waals surface area contributed by atoms with Crippen LogP contribution in [0.15, 0.2) is 61.0 Å². The van der Waals surface area contributed by atoms with Gasteiger partial charge >= 0.3 is 0 Å². The molecule has 0 amide bonds. The summed E-state index contributed by atoms with van der Waals surface area (Å²) in [5.74, 6) is -0.0340. The molecule has 5 N–H and O–H groups in total. The quantitative estimate of drug-likeness (QED) is 0.347. The largest absolute Gasteiger partial charge is 0.458 e. The van der Waals surface area contributed by atoms with Crippen LogP contribution in [0.5, 0.6) is 5.75 Å². The molecule has 0 spiro atoms. The summed E-state index contributed by atoms with van der Waals surface area (Å²) in [4.78, 5) is 8.07. The minimum Gasteiger partial charge on any atom is -0.458 e. The Morgan fingerprint density at radius 1 is 1.21 bits per heavy atom. The van der Waals surface area contributed by atoms with Crippen LogP contribution in [-0.2, 0) is 0 Å². The van der Waals surface area contributed by atoms with E-state index in [0.29, 0.717) is 27.8 Å². The van der Waals surface area contributed by atoms with E-state index < -0.39 is 5.82 Å². The van der Waals surface area contributed by atoms with Crippen LogP contribution in [0.4, 0.5) is 33.2 Å². The number of aliphatic hydroxyl groups is 1. The fraction of sp³-hybridized carbons (Fsp3) is 0.0526. The van der Waals surface area contributed by atoms with Crippen molar-refractivity contribution in [1.29, 1.82) is 0 Å². The van der Waals surface area contributed by atoms with Gasteiger partial charge in [-0.25, -0.2) is 9.37 Å². The number of halogens is 2. The molecule has 0 aliphatic rings. The molecule has 1 aromatic heterocycles. The molecular formula is C19H17ClFN5O2. The van der Waals surface area contributed by atoms with E-state index in [0.717, 1.165) is 6.20 Å². The summed E-state index contributed by atoms with van der Waals surface area (Å²) >= 11 is 6.07. The number of nitrogen functional groups attached to an aromatic ring is 1. The van der Waals surface area contributed by atoms with Gasteiger partial charge < -0.3 is 26.2 Å². The Morgan fingerprint density at radius 2 is 2.00 bits per heavy atom. The van der Waals surface area contributed by atoms with Crippen molar-refractivity contribution in [3.8, 4) is 5.75 Å². The predicted molar refractivity (Wildman–Crippen MR) is 108 cm³/mol. The maximum atomic E-state index is 14.1. The fourth-order valence-electron chi connectivity index (χ4n) is 2.24. The Morgan fingerprint density at radius 3 is 2.75 bits per heavy atom. The van der Waals surface area contributed by atoms with Crippen molar-refractivity contribution in [2.75, 3.05) is 23.0 Å². The van der Waals surface area contributed by atoms with E-state index in [1.807, 2.05) is 0 Å². The number of hydrogen-bond donors (Lipinski definition) is 4. The molecule has 0 unspecified atom stereocenters. The number of benzene rings is 2. The van der Waals surface area contributed by atoms with Crippen molar-refractivity contribution in [3.05, 3.63) is 71.8 Å². The average molecular weight is 402 g/mol. The van der Waals surface area contributed by atoms with Crippen LogP contribution in [0.25, 0.3) is 0 Å². The molecule has 0 saturated heterocycles. The third-order valence-electron chi connectivity index (χ3n) is 3.51. The van der Waals surface area contributed by atoms with Crippen molar-refractivity contribution in [2.45, 2.75) is 0 Å². The Hall–Kier alpha value is -3.36. The highest BCUT2D eigenvalue weighted by atomic mass is 35.5. The van der Waals surface area contributed by atoms with Gasteiger partial charge in [-0.1, -0.05) is 24.2 Å². The molecule has 0 atom stereocenters. The van der Waals surface area contributed by atoms with Crippen molar-refractivity contribution in [1.82, 2.24) is 9.97 Å². The second kappa shape index (κ2) is 8.55. The van der Waals surface area contributed by atoms with Crippen LogP contribution in [0.3, 0.4) is 0 Å². The highest BCUT2D eigenvalue weighted by Gasteiger charge is 2.10. The van der Waals surface area contributed by atoms with E-state index >= 15 is 0 Å². The summed E-state index contributed by atoms with van der Waals surface area (Å²) in [5.41, 5.74) is 7.41. The van der Waals surface area contributed by atoms with E-state index in [1.165, 1.54) is 0 Å². The second-order valence-electron chi connectivity index (χ2n) is 5.71. The monoisotopic (exact) mass is 401 g/mol. The molecule has 3 rings (SSSR count).